The molecule has 2 fully saturated rings. The Morgan fingerprint density at radius 3 is 2.17 bits per heavy atom. The third-order valence-corrected chi connectivity index (χ3v) is 11.2. The second kappa shape index (κ2) is 18.3. The minimum Gasteiger partial charge on any atom is -0.329 e. The fourth-order valence-corrected chi connectivity index (χ4v) is 7.91. The van der Waals surface area contributed by atoms with E-state index >= 15 is 0 Å². The molecule has 14 nitrogen and oxygen atoms in total. The molecule has 1 saturated carbocycles. The molecule has 14 heteroatoms. The smallest absolute Gasteiger partial charge is 0.252 e. The number of aldehydes is 1. The van der Waals surface area contributed by atoms with Gasteiger partial charge in [0.1, 0.15) is 29.1 Å². The van der Waals surface area contributed by atoms with E-state index in [0.717, 1.165) is 10.5 Å². The molecule has 5 rings (SSSR count). The van der Waals surface area contributed by atoms with Gasteiger partial charge in [-0.2, -0.15) is 10.2 Å². The second-order valence-corrected chi connectivity index (χ2v) is 14.5. The van der Waals surface area contributed by atoms with Crippen molar-refractivity contribution >= 4 is 35.6 Å². The lowest BCUT2D eigenvalue weighted by Crippen LogP contribution is -2.60. The largest absolute Gasteiger partial charge is 0.329 e. The number of carbonyl (C=O) groups is 6. The number of benzene rings is 1. The van der Waals surface area contributed by atoms with Gasteiger partial charge in [0.05, 0.1) is 18.1 Å². The van der Waals surface area contributed by atoms with Gasteiger partial charge < -0.3 is 20.7 Å². The Bertz CT molecular complexity index is 1730. The average molecular weight is 739 g/mol. The van der Waals surface area contributed by atoms with E-state index in [4.69, 9.17) is 5.73 Å². The van der Waals surface area contributed by atoms with Crippen LogP contribution in [0.4, 0.5) is 0 Å². The fraction of sp³-hybridized carbons (Fsp3) is 0.500. The van der Waals surface area contributed by atoms with E-state index in [9.17, 15) is 28.8 Å². The molecule has 3 N–H and O–H groups in total. The summed E-state index contributed by atoms with van der Waals surface area (Å²) in [6.45, 7) is 4.00. The van der Waals surface area contributed by atoms with Gasteiger partial charge >= 0.3 is 0 Å². The lowest BCUT2D eigenvalue weighted by Gasteiger charge is -2.39. The van der Waals surface area contributed by atoms with Crippen LogP contribution in [0.25, 0.3) is 0 Å². The highest BCUT2D eigenvalue weighted by atomic mass is 16.2. The van der Waals surface area contributed by atoms with Crippen molar-refractivity contribution < 1.29 is 28.8 Å². The third-order valence-electron chi connectivity index (χ3n) is 11.2. The van der Waals surface area contributed by atoms with Crippen molar-refractivity contribution in [1.29, 1.82) is 0 Å². The van der Waals surface area contributed by atoms with Crippen molar-refractivity contribution in [2.24, 2.45) is 23.0 Å². The first-order chi connectivity index (χ1) is 26.1. The zero-order valence-electron chi connectivity index (χ0n) is 31.2. The summed E-state index contributed by atoms with van der Waals surface area (Å²) in [5.74, 6) is -3.01. The molecule has 6 atom stereocenters. The van der Waals surface area contributed by atoms with Gasteiger partial charge in [-0.3, -0.25) is 28.9 Å². The highest BCUT2D eigenvalue weighted by molar-refractivity contribution is 6.18. The molecule has 286 valence electrons. The molecule has 3 heterocycles. The van der Waals surface area contributed by atoms with Crippen LogP contribution in [0.1, 0.15) is 91.8 Å². The molecule has 2 aliphatic rings. The summed E-state index contributed by atoms with van der Waals surface area (Å²) in [7, 11) is 1.66. The normalized spacial score (nSPS) is 20.3. The number of likely N-dealkylation sites (N-methyl/N-ethyl adjacent to an activating group) is 1. The first-order valence-electron chi connectivity index (χ1n) is 18.8. The Hall–Kier alpha value is -5.08. The van der Waals surface area contributed by atoms with Gasteiger partial charge in [-0.1, -0.05) is 63.4 Å². The summed E-state index contributed by atoms with van der Waals surface area (Å²) in [5, 5.41) is 18.9. The number of nitrogens with one attached hydrogen (secondary N) is 1. The predicted octanol–water partition coefficient (Wildman–Crippen LogP) is 3.02. The van der Waals surface area contributed by atoms with Crippen molar-refractivity contribution in [3.05, 3.63) is 83.9 Å². The van der Waals surface area contributed by atoms with Crippen LogP contribution < -0.4 is 11.1 Å². The molecule has 3 amide bonds. The number of hydrogen-bond donors (Lipinski definition) is 2. The number of amides is 3. The zero-order valence-corrected chi connectivity index (χ0v) is 31.2. The summed E-state index contributed by atoms with van der Waals surface area (Å²) in [5.41, 5.74) is 5.82. The first kappa shape index (κ1) is 40.1. The number of ketones is 2. The quantitative estimate of drug-likeness (QED) is 0.124. The number of aromatic nitrogens is 4. The van der Waals surface area contributed by atoms with E-state index in [1.165, 1.54) is 29.4 Å². The van der Waals surface area contributed by atoms with Gasteiger partial charge in [0.15, 0.2) is 11.6 Å². The van der Waals surface area contributed by atoms with Crippen molar-refractivity contribution in [2.45, 2.75) is 95.8 Å². The molecule has 54 heavy (non-hydrogen) atoms. The van der Waals surface area contributed by atoms with Crippen LogP contribution in [0.15, 0.2) is 67.0 Å². The number of hydrogen-bond acceptors (Lipinski definition) is 12. The standard InChI is InChI=1S/C40H50N8O6/c1-4-26(2)34(41)39(54)48(29(25-49)22-27-12-6-5-7-13-27)38(53)33-17-11-21-47(33)37(52)32(42-3)23-28-14-8-18-40(24-28,35(50)30-15-9-19-43-45-30)36(51)31-16-10-20-44-46-31/h5-7,9-10,12-13,15-16,19-20,25-26,28-29,32-34,42H,4,8,11,14,17-18,21-24,41H2,1-3H3/t26-,28?,29-,32-,33+,34+/m1/s1. The minimum atomic E-state index is -1.49. The summed E-state index contributed by atoms with van der Waals surface area (Å²) < 4.78 is 0. The SMILES string of the molecule is CC[C@@H](C)[C@H](N)C(=O)N(C(=O)[C@@H]1CCCN1C(=O)[C@@H](CC1CCCC(C(=O)c2cccnn2)(C(=O)c2cccnn2)C1)NC)[C@@H](C=O)Cc1ccccc1. The Morgan fingerprint density at radius 1 is 0.963 bits per heavy atom. The molecule has 0 bridgehead atoms. The molecule has 0 spiro atoms. The van der Waals surface area contributed by atoms with Crippen molar-refractivity contribution in [3.8, 4) is 0 Å². The molecule has 0 radical (unpaired) electrons. The highest BCUT2D eigenvalue weighted by Gasteiger charge is 2.51. The molecule has 1 saturated heterocycles. The van der Waals surface area contributed by atoms with Crippen LogP contribution in [-0.2, 0) is 25.6 Å². The minimum absolute atomic E-state index is 0.0723. The number of carbonyl (C=O) groups excluding carboxylic acids is 6. The van der Waals surface area contributed by atoms with Crippen molar-refractivity contribution in [3.63, 3.8) is 0 Å². The molecular weight excluding hydrogens is 688 g/mol. The molecule has 1 unspecified atom stereocenters. The number of Topliss-reactive ketones (excluding diaryl/α,β-unsaturated/α-hetero) is 2. The second-order valence-electron chi connectivity index (χ2n) is 14.5. The van der Waals surface area contributed by atoms with Gasteiger partial charge in [-0.05, 0) is 80.8 Å². The van der Waals surface area contributed by atoms with Crippen molar-refractivity contribution in [2.75, 3.05) is 13.6 Å². The number of nitrogens with two attached hydrogens (primary N) is 1. The monoisotopic (exact) mass is 738 g/mol. The summed E-state index contributed by atoms with van der Waals surface area (Å²) in [6, 6.07) is 11.5. The van der Waals surface area contributed by atoms with E-state index in [1.807, 2.05) is 44.2 Å². The predicted molar refractivity (Wildman–Crippen MR) is 199 cm³/mol. The maximum atomic E-state index is 14.5. The topological polar surface area (TPSA) is 199 Å². The molecule has 3 aromatic rings. The molecule has 1 aromatic carbocycles. The van der Waals surface area contributed by atoms with Gasteiger partial charge in [0, 0.05) is 25.4 Å². The number of rotatable bonds is 16. The van der Waals surface area contributed by atoms with Crippen LogP contribution in [0.5, 0.6) is 0 Å². The van der Waals surface area contributed by atoms with E-state index in [1.54, 1.807) is 19.2 Å². The maximum Gasteiger partial charge on any atom is 0.252 e. The molecule has 2 aromatic heterocycles. The molecular formula is C40H50N8O6. The maximum absolute atomic E-state index is 14.5. The van der Waals surface area contributed by atoms with E-state index in [-0.39, 0.29) is 61.4 Å². The molecule has 1 aliphatic carbocycles. The van der Waals surface area contributed by atoms with Crippen LogP contribution in [-0.4, -0.2) is 104 Å². The molecule has 1 aliphatic heterocycles. The average Bonchev–Trinajstić information content (AvgIpc) is 3.72. The fourth-order valence-electron chi connectivity index (χ4n) is 7.91. The van der Waals surface area contributed by atoms with Gasteiger partial charge in [0.2, 0.25) is 11.8 Å². The Balaban J connectivity index is 1.39. The van der Waals surface area contributed by atoms with E-state index in [0.29, 0.717) is 38.4 Å². The Labute approximate surface area is 315 Å². The Kier molecular flexibility index (Phi) is 13.6. The van der Waals surface area contributed by atoms with Gasteiger partial charge in [-0.15, -0.1) is 10.2 Å². The van der Waals surface area contributed by atoms with Crippen LogP contribution in [0.3, 0.4) is 0 Å². The third kappa shape index (κ3) is 8.65. The lowest BCUT2D eigenvalue weighted by molar-refractivity contribution is -0.156. The number of likely N-dealkylation sites (tertiary alicyclic amines) is 1. The van der Waals surface area contributed by atoms with Gasteiger partial charge in [-0.25, -0.2) is 0 Å². The van der Waals surface area contributed by atoms with Crippen LogP contribution in [0.2, 0.25) is 0 Å². The summed E-state index contributed by atoms with van der Waals surface area (Å²) >= 11 is 0. The lowest BCUT2D eigenvalue weighted by atomic mass is 9.62. The van der Waals surface area contributed by atoms with E-state index in [2.05, 4.69) is 25.7 Å². The zero-order chi connectivity index (χ0) is 38.8. The van der Waals surface area contributed by atoms with Crippen LogP contribution >= 0.6 is 0 Å². The summed E-state index contributed by atoms with van der Waals surface area (Å²) in [4.78, 5) is 86.3. The van der Waals surface area contributed by atoms with Crippen molar-refractivity contribution in [1.82, 2.24) is 35.5 Å². The van der Waals surface area contributed by atoms with Gasteiger partial charge in [0.25, 0.3) is 5.91 Å². The van der Waals surface area contributed by atoms with Crippen LogP contribution in [0, 0.1) is 17.3 Å². The number of nitrogens with zero attached hydrogens (tertiary/aromatic N) is 6. The first-order valence-corrected chi connectivity index (χ1v) is 18.8. The Morgan fingerprint density at radius 2 is 1.61 bits per heavy atom. The highest BCUT2D eigenvalue weighted by Crippen LogP contribution is 2.45. The van der Waals surface area contributed by atoms with E-state index < -0.39 is 53.0 Å². The number of imide groups is 1. The summed E-state index contributed by atoms with van der Waals surface area (Å²) in [6.07, 6.45) is 6.96.